The normalized spacial score (nSPS) is 12.0. The van der Waals surface area contributed by atoms with Gasteiger partial charge in [-0.25, -0.2) is 0 Å². The Bertz CT molecular complexity index is 654. The van der Waals surface area contributed by atoms with E-state index in [-0.39, 0.29) is 18.3 Å². The van der Waals surface area contributed by atoms with Gasteiger partial charge in [-0.15, -0.1) is 0 Å². The average molecular weight is 286 g/mol. The number of non-ortho nitro benzene ring substituents is 1. The summed E-state index contributed by atoms with van der Waals surface area (Å²) in [7, 11) is 0. The van der Waals surface area contributed by atoms with Crippen molar-refractivity contribution >= 4 is 5.69 Å². The molecule has 21 heavy (non-hydrogen) atoms. The summed E-state index contributed by atoms with van der Waals surface area (Å²) >= 11 is 0. The van der Waals surface area contributed by atoms with Crippen LogP contribution in [0, 0.1) is 17.0 Å². The van der Waals surface area contributed by atoms with Crippen molar-refractivity contribution in [3.05, 3.63) is 69.3 Å². The summed E-state index contributed by atoms with van der Waals surface area (Å²) in [5, 5.41) is 10.8. The van der Waals surface area contributed by atoms with Gasteiger partial charge >= 0.3 is 0 Å². The Hall–Kier alpha value is -2.40. The molecule has 0 aliphatic rings. The molecular weight excluding hydrogens is 268 g/mol. The summed E-state index contributed by atoms with van der Waals surface area (Å²) in [6.07, 6.45) is 0. The first kappa shape index (κ1) is 15.0. The molecule has 0 bridgehead atoms. The van der Waals surface area contributed by atoms with E-state index in [1.807, 2.05) is 32.0 Å². The van der Waals surface area contributed by atoms with Gasteiger partial charge in [-0.1, -0.05) is 29.8 Å². The van der Waals surface area contributed by atoms with Crippen LogP contribution in [0.4, 0.5) is 5.69 Å². The van der Waals surface area contributed by atoms with Gasteiger partial charge < -0.3 is 10.5 Å². The smallest absolute Gasteiger partial charge is 0.269 e. The van der Waals surface area contributed by atoms with E-state index >= 15 is 0 Å². The highest BCUT2D eigenvalue weighted by atomic mass is 16.6. The summed E-state index contributed by atoms with van der Waals surface area (Å²) in [4.78, 5) is 10.3. The van der Waals surface area contributed by atoms with Gasteiger partial charge in [0.1, 0.15) is 12.4 Å². The number of benzene rings is 2. The SMILES string of the molecule is Cc1ccc(OCc2cccc([N+](=O)[O-])c2)c([C@@H](C)N)c1. The van der Waals surface area contributed by atoms with Gasteiger partial charge in [0.15, 0.2) is 0 Å². The fraction of sp³-hybridized carbons (Fsp3) is 0.250. The minimum absolute atomic E-state index is 0.0624. The lowest BCUT2D eigenvalue weighted by atomic mass is 10.1. The van der Waals surface area contributed by atoms with Gasteiger partial charge in [0, 0.05) is 23.7 Å². The van der Waals surface area contributed by atoms with Crippen LogP contribution >= 0.6 is 0 Å². The zero-order valence-corrected chi connectivity index (χ0v) is 12.1. The second kappa shape index (κ2) is 6.37. The van der Waals surface area contributed by atoms with Crippen molar-refractivity contribution < 1.29 is 9.66 Å². The van der Waals surface area contributed by atoms with E-state index in [0.717, 1.165) is 16.7 Å². The van der Waals surface area contributed by atoms with Crippen LogP contribution in [0.15, 0.2) is 42.5 Å². The molecular formula is C16H18N2O3. The number of ether oxygens (including phenoxy) is 1. The Kier molecular flexibility index (Phi) is 4.55. The van der Waals surface area contributed by atoms with Crippen molar-refractivity contribution in [1.29, 1.82) is 0 Å². The van der Waals surface area contributed by atoms with Crippen molar-refractivity contribution in [2.45, 2.75) is 26.5 Å². The maximum Gasteiger partial charge on any atom is 0.269 e. The van der Waals surface area contributed by atoms with Gasteiger partial charge in [-0.05, 0) is 25.5 Å². The lowest BCUT2D eigenvalue weighted by molar-refractivity contribution is -0.384. The number of nitrogens with zero attached hydrogens (tertiary/aromatic N) is 1. The number of nitro benzene ring substituents is 1. The highest BCUT2D eigenvalue weighted by molar-refractivity contribution is 5.39. The largest absolute Gasteiger partial charge is 0.489 e. The molecule has 0 spiro atoms. The van der Waals surface area contributed by atoms with Gasteiger partial charge in [0.2, 0.25) is 0 Å². The van der Waals surface area contributed by atoms with E-state index in [9.17, 15) is 10.1 Å². The summed E-state index contributed by atoms with van der Waals surface area (Å²) in [6, 6.07) is 12.1. The van der Waals surface area contributed by atoms with Gasteiger partial charge in [0.25, 0.3) is 5.69 Å². The van der Waals surface area contributed by atoms with Crippen LogP contribution in [0.3, 0.4) is 0 Å². The van der Waals surface area contributed by atoms with Crippen LogP contribution in [0.5, 0.6) is 5.75 Å². The van der Waals surface area contributed by atoms with Crippen LogP contribution in [0.1, 0.15) is 29.7 Å². The third-order valence-electron chi connectivity index (χ3n) is 3.17. The minimum atomic E-state index is -0.414. The first-order valence-electron chi connectivity index (χ1n) is 6.69. The van der Waals surface area contributed by atoms with Crippen LogP contribution in [-0.4, -0.2) is 4.92 Å². The third-order valence-corrected chi connectivity index (χ3v) is 3.17. The van der Waals surface area contributed by atoms with Crippen molar-refractivity contribution in [1.82, 2.24) is 0 Å². The van der Waals surface area contributed by atoms with E-state index in [2.05, 4.69) is 0 Å². The Morgan fingerprint density at radius 3 is 2.71 bits per heavy atom. The molecule has 0 amide bonds. The molecule has 0 aliphatic carbocycles. The summed E-state index contributed by atoms with van der Waals surface area (Å²) < 4.78 is 5.77. The quantitative estimate of drug-likeness (QED) is 0.674. The van der Waals surface area contributed by atoms with Crippen LogP contribution in [0.2, 0.25) is 0 Å². The minimum Gasteiger partial charge on any atom is -0.489 e. The third kappa shape index (κ3) is 3.79. The Balaban J connectivity index is 2.16. The van der Waals surface area contributed by atoms with E-state index in [4.69, 9.17) is 10.5 Å². The zero-order valence-electron chi connectivity index (χ0n) is 12.1. The lowest BCUT2D eigenvalue weighted by Crippen LogP contribution is -2.08. The van der Waals surface area contributed by atoms with E-state index in [1.165, 1.54) is 12.1 Å². The number of hydrogen-bond donors (Lipinski definition) is 1. The molecule has 2 N–H and O–H groups in total. The topological polar surface area (TPSA) is 78.4 Å². The molecule has 2 aromatic carbocycles. The predicted octanol–water partition coefficient (Wildman–Crippen LogP) is 3.50. The molecule has 0 saturated heterocycles. The van der Waals surface area contributed by atoms with Crippen molar-refractivity contribution in [2.75, 3.05) is 0 Å². The standard InChI is InChI=1S/C16H18N2O3/c1-11-6-7-16(15(8-11)12(2)17)21-10-13-4-3-5-14(9-13)18(19)20/h3-9,12H,10,17H2,1-2H3/t12-/m1/s1. The maximum absolute atomic E-state index is 10.8. The molecule has 0 saturated carbocycles. The summed E-state index contributed by atoms with van der Waals surface area (Å²) in [5.74, 6) is 0.710. The molecule has 0 aromatic heterocycles. The van der Waals surface area contributed by atoms with Crippen LogP contribution in [-0.2, 0) is 6.61 Å². The molecule has 0 heterocycles. The fourth-order valence-electron chi connectivity index (χ4n) is 2.08. The first-order chi connectivity index (χ1) is 9.97. The molecule has 0 radical (unpaired) electrons. The fourth-order valence-corrected chi connectivity index (χ4v) is 2.08. The van der Waals surface area contributed by atoms with Crippen LogP contribution in [0.25, 0.3) is 0 Å². The zero-order chi connectivity index (χ0) is 15.4. The molecule has 110 valence electrons. The van der Waals surface area contributed by atoms with Crippen LogP contribution < -0.4 is 10.5 Å². The molecule has 0 unspecified atom stereocenters. The molecule has 2 rings (SSSR count). The van der Waals surface area contributed by atoms with Crippen molar-refractivity contribution in [2.24, 2.45) is 5.73 Å². The van der Waals surface area contributed by atoms with E-state index < -0.39 is 4.92 Å². The second-order valence-corrected chi connectivity index (χ2v) is 5.05. The highest BCUT2D eigenvalue weighted by Crippen LogP contribution is 2.26. The molecule has 2 aromatic rings. The Labute approximate surface area is 123 Å². The number of aryl methyl sites for hydroxylation is 1. The van der Waals surface area contributed by atoms with Gasteiger partial charge in [-0.3, -0.25) is 10.1 Å². The molecule has 0 aliphatic heterocycles. The number of hydrogen-bond acceptors (Lipinski definition) is 4. The van der Waals surface area contributed by atoms with Gasteiger partial charge in [0.05, 0.1) is 4.92 Å². The monoisotopic (exact) mass is 286 g/mol. The molecule has 5 heteroatoms. The second-order valence-electron chi connectivity index (χ2n) is 5.05. The summed E-state index contributed by atoms with van der Waals surface area (Å²) in [5.41, 5.74) is 8.81. The molecule has 5 nitrogen and oxygen atoms in total. The predicted molar refractivity (Wildman–Crippen MR) is 81.2 cm³/mol. The van der Waals surface area contributed by atoms with E-state index in [0.29, 0.717) is 5.75 Å². The maximum atomic E-state index is 10.8. The Morgan fingerprint density at radius 1 is 1.29 bits per heavy atom. The number of nitrogens with two attached hydrogens (primary N) is 1. The van der Waals surface area contributed by atoms with Crippen molar-refractivity contribution in [3.63, 3.8) is 0 Å². The molecule has 1 atom stereocenters. The summed E-state index contributed by atoms with van der Waals surface area (Å²) in [6.45, 7) is 4.16. The Morgan fingerprint density at radius 2 is 2.05 bits per heavy atom. The highest BCUT2D eigenvalue weighted by Gasteiger charge is 2.10. The average Bonchev–Trinajstić information content (AvgIpc) is 2.46. The number of nitro groups is 1. The lowest BCUT2D eigenvalue weighted by Gasteiger charge is -2.15. The van der Waals surface area contributed by atoms with E-state index in [1.54, 1.807) is 12.1 Å². The van der Waals surface area contributed by atoms with Gasteiger partial charge in [-0.2, -0.15) is 0 Å². The first-order valence-corrected chi connectivity index (χ1v) is 6.69. The van der Waals surface area contributed by atoms with Crippen molar-refractivity contribution in [3.8, 4) is 5.75 Å². The molecule has 0 fully saturated rings. The number of rotatable bonds is 5.